The van der Waals surface area contributed by atoms with Crippen LogP contribution in [0.5, 0.6) is 0 Å². The Labute approximate surface area is 155 Å². The van der Waals surface area contributed by atoms with Crippen molar-refractivity contribution in [3.8, 4) is 11.4 Å². The van der Waals surface area contributed by atoms with Crippen molar-refractivity contribution in [3.63, 3.8) is 0 Å². The van der Waals surface area contributed by atoms with E-state index >= 15 is 0 Å². The van der Waals surface area contributed by atoms with Crippen molar-refractivity contribution in [2.75, 3.05) is 13.2 Å². The highest BCUT2D eigenvalue weighted by Gasteiger charge is 2.09. The zero-order chi connectivity index (χ0) is 18.2. The smallest absolute Gasteiger partial charge is 0.243 e. The summed E-state index contributed by atoms with van der Waals surface area (Å²) in [5.41, 5.74) is 0.787. The average Bonchev–Trinajstić information content (AvgIpc) is 3.31. The molecule has 0 bridgehead atoms. The van der Waals surface area contributed by atoms with Crippen molar-refractivity contribution in [2.45, 2.75) is 19.6 Å². The van der Waals surface area contributed by atoms with Crippen LogP contribution in [-0.2, 0) is 22.7 Å². The van der Waals surface area contributed by atoms with Crippen LogP contribution in [0, 0.1) is 0 Å². The van der Waals surface area contributed by atoms with E-state index in [9.17, 15) is 4.79 Å². The van der Waals surface area contributed by atoms with Crippen LogP contribution in [-0.4, -0.2) is 39.3 Å². The second-order valence-corrected chi connectivity index (χ2v) is 5.92. The van der Waals surface area contributed by atoms with E-state index in [-0.39, 0.29) is 12.5 Å². The van der Waals surface area contributed by atoms with Crippen molar-refractivity contribution in [2.24, 2.45) is 0 Å². The third-order valence-electron chi connectivity index (χ3n) is 3.45. The van der Waals surface area contributed by atoms with Gasteiger partial charge >= 0.3 is 0 Å². The number of hydrogen-bond donors (Lipinski definition) is 1. The Balaban J connectivity index is 1.35. The zero-order valence-corrected chi connectivity index (χ0v) is 14.7. The standard InChI is InChI=1S/C17H18ClN5O3/c18-14-6-4-13(5-7-14)17-20-22-23(21-17)11-16(24)19-8-2-9-25-12-15-3-1-10-26-15/h1,3-7,10H,2,8-9,11-12H2,(H,19,24). The van der Waals surface area contributed by atoms with Gasteiger partial charge in [0.05, 0.1) is 6.26 Å². The number of amides is 1. The number of carbonyl (C=O) groups excluding carboxylic acids is 1. The minimum atomic E-state index is -0.184. The maximum absolute atomic E-state index is 11.9. The van der Waals surface area contributed by atoms with Gasteiger partial charge in [-0.25, -0.2) is 0 Å². The summed E-state index contributed by atoms with van der Waals surface area (Å²) in [5.74, 6) is 1.04. The average molecular weight is 376 g/mol. The minimum Gasteiger partial charge on any atom is -0.467 e. The fourth-order valence-electron chi connectivity index (χ4n) is 2.18. The fourth-order valence-corrected chi connectivity index (χ4v) is 2.30. The van der Waals surface area contributed by atoms with Gasteiger partial charge in [0, 0.05) is 23.7 Å². The maximum atomic E-state index is 11.9. The number of benzene rings is 1. The van der Waals surface area contributed by atoms with Crippen molar-refractivity contribution in [1.29, 1.82) is 0 Å². The first kappa shape index (κ1) is 18.1. The van der Waals surface area contributed by atoms with Gasteiger partial charge in [-0.3, -0.25) is 4.79 Å². The largest absolute Gasteiger partial charge is 0.467 e. The lowest BCUT2D eigenvalue weighted by molar-refractivity contribution is -0.122. The summed E-state index contributed by atoms with van der Waals surface area (Å²) in [6.07, 6.45) is 2.31. The molecule has 0 fully saturated rings. The van der Waals surface area contributed by atoms with Crippen molar-refractivity contribution in [1.82, 2.24) is 25.5 Å². The van der Waals surface area contributed by atoms with Gasteiger partial charge in [-0.1, -0.05) is 11.6 Å². The predicted octanol–water partition coefficient (Wildman–Crippen LogP) is 2.31. The Bertz CT molecular complexity index is 817. The Morgan fingerprint density at radius 3 is 2.88 bits per heavy atom. The lowest BCUT2D eigenvalue weighted by atomic mass is 10.2. The van der Waals surface area contributed by atoms with E-state index in [1.165, 1.54) is 4.80 Å². The molecule has 2 heterocycles. The van der Waals surface area contributed by atoms with E-state index in [4.69, 9.17) is 20.8 Å². The van der Waals surface area contributed by atoms with Crippen LogP contribution in [0.1, 0.15) is 12.2 Å². The molecule has 136 valence electrons. The van der Waals surface area contributed by atoms with Crippen LogP contribution < -0.4 is 5.32 Å². The number of ether oxygens (including phenoxy) is 1. The zero-order valence-electron chi connectivity index (χ0n) is 14.0. The molecule has 0 saturated carbocycles. The molecule has 8 nitrogen and oxygen atoms in total. The molecule has 0 saturated heterocycles. The quantitative estimate of drug-likeness (QED) is 0.577. The van der Waals surface area contributed by atoms with Gasteiger partial charge in [0.2, 0.25) is 11.7 Å². The second kappa shape index (κ2) is 9.12. The van der Waals surface area contributed by atoms with Gasteiger partial charge in [-0.15, -0.1) is 10.2 Å². The van der Waals surface area contributed by atoms with Crippen molar-refractivity contribution >= 4 is 17.5 Å². The first-order valence-electron chi connectivity index (χ1n) is 8.11. The van der Waals surface area contributed by atoms with Gasteiger partial charge in [-0.2, -0.15) is 4.80 Å². The molecule has 0 atom stereocenters. The number of nitrogens with zero attached hydrogens (tertiary/aromatic N) is 4. The van der Waals surface area contributed by atoms with Gasteiger partial charge in [-0.05, 0) is 48.0 Å². The van der Waals surface area contributed by atoms with Gasteiger partial charge in [0.1, 0.15) is 18.9 Å². The molecule has 9 heteroatoms. The monoisotopic (exact) mass is 375 g/mol. The fraction of sp³-hybridized carbons (Fsp3) is 0.294. The summed E-state index contributed by atoms with van der Waals surface area (Å²) in [6, 6.07) is 10.8. The number of aromatic nitrogens is 4. The Hall–Kier alpha value is -2.71. The highest BCUT2D eigenvalue weighted by molar-refractivity contribution is 6.30. The van der Waals surface area contributed by atoms with Gasteiger partial charge in [0.15, 0.2) is 0 Å². The molecule has 3 aromatic rings. The number of carbonyl (C=O) groups is 1. The molecule has 3 rings (SSSR count). The molecule has 2 aromatic heterocycles. The van der Waals surface area contributed by atoms with E-state index in [2.05, 4.69) is 20.7 Å². The van der Waals surface area contributed by atoms with E-state index in [0.29, 0.717) is 37.0 Å². The first-order chi connectivity index (χ1) is 12.7. The highest BCUT2D eigenvalue weighted by atomic mass is 35.5. The van der Waals surface area contributed by atoms with Crippen molar-refractivity contribution in [3.05, 3.63) is 53.4 Å². The predicted molar refractivity (Wildman–Crippen MR) is 94.3 cm³/mol. The van der Waals surface area contributed by atoms with Crippen LogP contribution in [0.15, 0.2) is 47.1 Å². The topological polar surface area (TPSA) is 95.1 Å². The summed E-state index contributed by atoms with van der Waals surface area (Å²) < 4.78 is 10.6. The summed E-state index contributed by atoms with van der Waals surface area (Å²) in [6.45, 7) is 1.48. The summed E-state index contributed by atoms with van der Waals surface area (Å²) in [7, 11) is 0. The van der Waals surface area contributed by atoms with E-state index in [1.54, 1.807) is 30.5 Å². The van der Waals surface area contributed by atoms with Crippen LogP contribution in [0.25, 0.3) is 11.4 Å². The molecule has 26 heavy (non-hydrogen) atoms. The molecule has 1 amide bonds. The Morgan fingerprint density at radius 1 is 1.27 bits per heavy atom. The normalized spacial score (nSPS) is 10.8. The minimum absolute atomic E-state index is 0.00778. The third kappa shape index (κ3) is 5.40. The molecule has 0 unspecified atom stereocenters. The first-order valence-corrected chi connectivity index (χ1v) is 8.49. The van der Waals surface area contributed by atoms with E-state index in [1.807, 2.05) is 12.1 Å². The molecule has 0 aliphatic carbocycles. The molecule has 1 aromatic carbocycles. The number of furan rings is 1. The number of halogens is 1. The Kier molecular flexibility index (Phi) is 6.34. The molecular formula is C17H18ClN5O3. The number of rotatable bonds is 9. The van der Waals surface area contributed by atoms with Crippen LogP contribution in [0.3, 0.4) is 0 Å². The molecule has 0 spiro atoms. The van der Waals surface area contributed by atoms with Crippen LogP contribution in [0.4, 0.5) is 0 Å². The SMILES string of the molecule is O=C(Cn1nnc(-c2ccc(Cl)cc2)n1)NCCCOCc1ccco1. The lowest BCUT2D eigenvalue weighted by Crippen LogP contribution is -2.29. The lowest BCUT2D eigenvalue weighted by Gasteiger charge is -2.05. The van der Waals surface area contributed by atoms with Gasteiger partial charge < -0.3 is 14.5 Å². The summed E-state index contributed by atoms with van der Waals surface area (Å²) >= 11 is 5.85. The second-order valence-electron chi connectivity index (χ2n) is 5.49. The molecule has 1 N–H and O–H groups in total. The summed E-state index contributed by atoms with van der Waals surface area (Å²) in [5, 5.41) is 15.4. The van der Waals surface area contributed by atoms with E-state index < -0.39 is 0 Å². The van der Waals surface area contributed by atoms with Crippen LogP contribution >= 0.6 is 11.6 Å². The number of nitrogens with one attached hydrogen (secondary N) is 1. The molecule has 0 aliphatic rings. The van der Waals surface area contributed by atoms with E-state index in [0.717, 1.165) is 11.3 Å². The van der Waals surface area contributed by atoms with Crippen molar-refractivity contribution < 1.29 is 13.9 Å². The highest BCUT2D eigenvalue weighted by Crippen LogP contribution is 2.16. The molecule has 0 radical (unpaired) electrons. The third-order valence-corrected chi connectivity index (χ3v) is 3.70. The Morgan fingerprint density at radius 2 is 2.12 bits per heavy atom. The van der Waals surface area contributed by atoms with Gasteiger partial charge in [0.25, 0.3) is 0 Å². The number of tetrazole rings is 1. The van der Waals surface area contributed by atoms with Crippen LogP contribution in [0.2, 0.25) is 5.02 Å². The molecule has 0 aliphatic heterocycles. The summed E-state index contributed by atoms with van der Waals surface area (Å²) in [4.78, 5) is 13.2. The maximum Gasteiger partial charge on any atom is 0.243 e. The number of hydrogen-bond acceptors (Lipinski definition) is 6. The molecular weight excluding hydrogens is 358 g/mol.